The van der Waals surface area contributed by atoms with Crippen molar-refractivity contribution in [1.29, 1.82) is 0 Å². The Labute approximate surface area is 116 Å². The van der Waals surface area contributed by atoms with Crippen LogP contribution >= 0.6 is 23.2 Å². The third kappa shape index (κ3) is 2.85. The first-order chi connectivity index (χ1) is 8.90. The van der Waals surface area contributed by atoms with Crippen molar-refractivity contribution in [2.24, 2.45) is 0 Å². The minimum Gasteiger partial charge on any atom is -0.207 e. The summed E-state index contributed by atoms with van der Waals surface area (Å²) in [5, 5.41) is -1.68. The topological polar surface area (TPSA) is 0 Å². The first-order valence-electron chi connectivity index (χ1n) is 5.13. The van der Waals surface area contributed by atoms with Crippen molar-refractivity contribution >= 4 is 23.2 Å². The van der Waals surface area contributed by atoms with E-state index >= 15 is 0 Å². The maximum absolute atomic E-state index is 13.6. The molecule has 0 aliphatic heterocycles. The lowest BCUT2D eigenvalue weighted by atomic mass is 10.0. The van der Waals surface area contributed by atoms with E-state index < -0.39 is 33.7 Å². The molecule has 0 amide bonds. The van der Waals surface area contributed by atoms with E-state index in [2.05, 4.69) is 0 Å². The smallest absolute Gasteiger partial charge is 0.142 e. The van der Waals surface area contributed by atoms with Crippen molar-refractivity contribution in [2.45, 2.75) is 5.38 Å². The molecule has 0 saturated carbocycles. The Balaban J connectivity index is 2.49. The van der Waals surface area contributed by atoms with Crippen molar-refractivity contribution < 1.29 is 17.6 Å². The molecule has 0 saturated heterocycles. The molecular formula is C13H6Cl2F4. The van der Waals surface area contributed by atoms with Gasteiger partial charge in [0.25, 0.3) is 0 Å². The van der Waals surface area contributed by atoms with Crippen LogP contribution in [0.4, 0.5) is 17.6 Å². The van der Waals surface area contributed by atoms with Crippen molar-refractivity contribution in [3.63, 3.8) is 0 Å². The van der Waals surface area contributed by atoms with Crippen LogP contribution in [0.5, 0.6) is 0 Å². The Morgan fingerprint density at radius 2 is 1.42 bits per heavy atom. The first-order valence-corrected chi connectivity index (χ1v) is 5.95. The number of alkyl halides is 1. The molecule has 2 aromatic carbocycles. The van der Waals surface area contributed by atoms with E-state index in [1.165, 1.54) is 0 Å². The Bertz CT molecular complexity index is 628. The molecule has 0 bridgehead atoms. The predicted octanol–water partition coefficient (Wildman–Crippen LogP) is 5.22. The summed E-state index contributed by atoms with van der Waals surface area (Å²) in [7, 11) is 0. The van der Waals surface area contributed by atoms with Gasteiger partial charge in [0.2, 0.25) is 0 Å². The fourth-order valence-corrected chi connectivity index (χ4v) is 2.10. The summed E-state index contributed by atoms with van der Waals surface area (Å²) in [5.41, 5.74) is -0.419. The molecule has 0 heterocycles. The third-order valence-corrected chi connectivity index (χ3v) is 3.31. The van der Waals surface area contributed by atoms with Gasteiger partial charge in [-0.1, -0.05) is 17.7 Å². The fraction of sp³-hybridized carbons (Fsp3) is 0.0769. The molecule has 0 spiro atoms. The van der Waals surface area contributed by atoms with Gasteiger partial charge in [-0.2, -0.15) is 0 Å². The molecule has 6 heteroatoms. The van der Waals surface area contributed by atoms with Gasteiger partial charge in [-0.25, -0.2) is 17.6 Å². The normalized spacial score (nSPS) is 12.5. The molecule has 0 aromatic heterocycles. The lowest BCUT2D eigenvalue weighted by Crippen LogP contribution is -2.01. The minimum atomic E-state index is -1.28. The third-order valence-electron chi connectivity index (χ3n) is 2.55. The van der Waals surface area contributed by atoms with Crippen LogP contribution in [-0.2, 0) is 0 Å². The van der Waals surface area contributed by atoms with Gasteiger partial charge in [0.1, 0.15) is 23.3 Å². The van der Waals surface area contributed by atoms with E-state index in [0.29, 0.717) is 6.07 Å². The van der Waals surface area contributed by atoms with E-state index in [4.69, 9.17) is 23.2 Å². The summed E-state index contributed by atoms with van der Waals surface area (Å²) in [6, 6.07) is 4.22. The zero-order valence-electron chi connectivity index (χ0n) is 9.23. The number of hydrogen-bond acceptors (Lipinski definition) is 0. The Kier molecular flexibility index (Phi) is 4.02. The van der Waals surface area contributed by atoms with Crippen LogP contribution in [0.15, 0.2) is 30.3 Å². The number of rotatable bonds is 2. The molecular weight excluding hydrogens is 303 g/mol. The molecule has 0 aliphatic rings. The second kappa shape index (κ2) is 5.39. The highest BCUT2D eigenvalue weighted by atomic mass is 35.5. The second-order valence-corrected chi connectivity index (χ2v) is 4.66. The van der Waals surface area contributed by atoms with Crippen LogP contribution in [-0.4, -0.2) is 0 Å². The highest BCUT2D eigenvalue weighted by molar-refractivity contribution is 6.30. The Hall–Kier alpha value is -1.26. The van der Waals surface area contributed by atoms with Crippen molar-refractivity contribution in [2.75, 3.05) is 0 Å². The van der Waals surface area contributed by atoms with Crippen LogP contribution in [0, 0.1) is 23.3 Å². The largest absolute Gasteiger partial charge is 0.207 e. The van der Waals surface area contributed by atoms with Gasteiger partial charge in [0.05, 0.1) is 10.4 Å². The van der Waals surface area contributed by atoms with Crippen LogP contribution in [0.2, 0.25) is 5.02 Å². The first kappa shape index (κ1) is 14.2. The van der Waals surface area contributed by atoms with E-state index in [1.54, 1.807) is 0 Å². The molecule has 0 fully saturated rings. The van der Waals surface area contributed by atoms with Crippen LogP contribution in [0.25, 0.3) is 0 Å². The lowest BCUT2D eigenvalue weighted by Gasteiger charge is -2.13. The lowest BCUT2D eigenvalue weighted by molar-refractivity contribution is 0.566. The fourth-order valence-electron chi connectivity index (χ4n) is 1.61. The molecule has 1 atom stereocenters. The average molecular weight is 309 g/mol. The summed E-state index contributed by atoms with van der Waals surface area (Å²) >= 11 is 11.3. The van der Waals surface area contributed by atoms with Gasteiger partial charge in [0.15, 0.2) is 0 Å². The van der Waals surface area contributed by atoms with E-state index in [9.17, 15) is 17.6 Å². The Morgan fingerprint density at radius 3 is 2.05 bits per heavy atom. The standard InChI is InChI=1S/C13H6Cl2F4/c14-9-5-11(18)8(4-12(9)19)13(15)7-2-1-6(16)3-10(7)17/h1-5,13H. The van der Waals surface area contributed by atoms with Crippen LogP contribution in [0.1, 0.15) is 16.5 Å². The summed E-state index contributed by atoms with van der Waals surface area (Å²) < 4.78 is 53.2. The Morgan fingerprint density at radius 1 is 0.789 bits per heavy atom. The van der Waals surface area contributed by atoms with Crippen LogP contribution < -0.4 is 0 Å². The molecule has 100 valence electrons. The number of halogens is 6. The maximum atomic E-state index is 13.6. The van der Waals surface area contributed by atoms with Crippen molar-refractivity contribution in [3.8, 4) is 0 Å². The predicted molar refractivity (Wildman–Crippen MR) is 65.4 cm³/mol. The van der Waals surface area contributed by atoms with Gasteiger partial charge >= 0.3 is 0 Å². The molecule has 2 rings (SSSR count). The molecule has 19 heavy (non-hydrogen) atoms. The number of benzene rings is 2. The molecule has 0 nitrogen and oxygen atoms in total. The van der Waals surface area contributed by atoms with E-state index in [1.807, 2.05) is 0 Å². The van der Waals surface area contributed by atoms with Crippen LogP contribution in [0.3, 0.4) is 0 Å². The van der Waals surface area contributed by atoms with Crippen molar-refractivity contribution in [1.82, 2.24) is 0 Å². The highest BCUT2D eigenvalue weighted by Crippen LogP contribution is 2.34. The molecule has 1 unspecified atom stereocenters. The molecule has 0 N–H and O–H groups in total. The molecule has 0 radical (unpaired) electrons. The zero-order chi connectivity index (χ0) is 14.2. The van der Waals surface area contributed by atoms with Gasteiger partial charge in [-0.05, 0) is 18.2 Å². The van der Waals surface area contributed by atoms with E-state index in [-0.39, 0.29) is 11.1 Å². The number of hydrogen-bond donors (Lipinski definition) is 0. The minimum absolute atomic E-state index is 0.149. The highest BCUT2D eigenvalue weighted by Gasteiger charge is 2.21. The van der Waals surface area contributed by atoms with Crippen molar-refractivity contribution in [3.05, 3.63) is 69.8 Å². The zero-order valence-corrected chi connectivity index (χ0v) is 10.7. The molecule has 2 aromatic rings. The summed E-state index contributed by atoms with van der Waals surface area (Å²) in [4.78, 5) is 0. The second-order valence-electron chi connectivity index (χ2n) is 3.82. The van der Waals surface area contributed by atoms with Gasteiger partial charge in [-0.3, -0.25) is 0 Å². The monoisotopic (exact) mass is 308 g/mol. The maximum Gasteiger partial charge on any atom is 0.142 e. The summed E-state index contributed by atoms with van der Waals surface area (Å²) in [6.07, 6.45) is 0. The average Bonchev–Trinajstić information content (AvgIpc) is 2.33. The van der Waals surface area contributed by atoms with Gasteiger partial charge in [0, 0.05) is 17.2 Å². The van der Waals surface area contributed by atoms with E-state index in [0.717, 1.165) is 24.3 Å². The summed E-state index contributed by atoms with van der Waals surface area (Å²) in [5.74, 6) is -3.45. The van der Waals surface area contributed by atoms with Gasteiger partial charge < -0.3 is 0 Å². The SMILES string of the molecule is Fc1ccc(C(Cl)c2cc(F)c(Cl)cc2F)c(F)c1. The van der Waals surface area contributed by atoms with Gasteiger partial charge in [-0.15, -0.1) is 11.6 Å². The quantitative estimate of drug-likeness (QED) is 0.405. The molecule has 0 aliphatic carbocycles. The summed E-state index contributed by atoms with van der Waals surface area (Å²) in [6.45, 7) is 0.